The van der Waals surface area contributed by atoms with Crippen molar-refractivity contribution < 1.29 is 49.5 Å². The molecule has 0 radical (unpaired) electrons. The van der Waals surface area contributed by atoms with Gasteiger partial charge in [-0.15, -0.1) is 0 Å². The third-order valence-electron chi connectivity index (χ3n) is 7.03. The second kappa shape index (κ2) is 10.7. The number of carbonyl (C=O) groups is 2. The fourth-order valence-corrected chi connectivity index (χ4v) is 5.48. The average molecular weight is 615 g/mol. The van der Waals surface area contributed by atoms with Crippen molar-refractivity contribution in [3.05, 3.63) is 83.4 Å². The third-order valence-corrected chi connectivity index (χ3v) is 8.14. The molecule has 0 fully saturated rings. The Morgan fingerprint density at radius 2 is 1.40 bits per heavy atom. The number of hydrogen-bond donors (Lipinski definition) is 2. The van der Waals surface area contributed by atoms with Gasteiger partial charge in [0.05, 0.1) is 4.90 Å². The molecule has 3 aromatic carbocycles. The van der Waals surface area contributed by atoms with E-state index in [1.807, 2.05) is 0 Å². The zero-order chi connectivity index (χ0) is 31.3. The van der Waals surface area contributed by atoms with Crippen LogP contribution >= 0.6 is 0 Å². The molecule has 224 valence electrons. The number of anilines is 1. The molecular formula is C28H24F6N2O5S. The molecule has 1 aliphatic rings. The zero-order valence-corrected chi connectivity index (χ0v) is 22.9. The van der Waals surface area contributed by atoms with Crippen LogP contribution in [-0.2, 0) is 31.4 Å². The predicted octanol–water partition coefficient (Wildman–Crippen LogP) is 5.15. The number of nitrogens with one attached hydrogen (secondary N) is 1. The minimum Gasteiger partial charge on any atom is -0.369 e. The number of amides is 2. The summed E-state index contributed by atoms with van der Waals surface area (Å²) in [5.41, 5.74) is -4.43. The predicted molar refractivity (Wildman–Crippen MR) is 140 cm³/mol. The number of hydrogen-bond acceptors (Lipinski definition) is 5. The van der Waals surface area contributed by atoms with Gasteiger partial charge in [0.2, 0.25) is 5.91 Å². The van der Waals surface area contributed by atoms with Crippen LogP contribution in [0.5, 0.6) is 0 Å². The van der Waals surface area contributed by atoms with Crippen LogP contribution in [0, 0.1) is 0 Å². The minimum absolute atomic E-state index is 0.0850. The van der Waals surface area contributed by atoms with Crippen LogP contribution in [0.2, 0.25) is 0 Å². The van der Waals surface area contributed by atoms with Crippen molar-refractivity contribution in [3.63, 3.8) is 0 Å². The lowest BCUT2D eigenvalue weighted by molar-refractivity contribution is -0.376. The fraction of sp³-hybridized carbons (Fsp3) is 0.286. The van der Waals surface area contributed by atoms with Crippen molar-refractivity contribution in [3.8, 4) is 11.1 Å². The summed E-state index contributed by atoms with van der Waals surface area (Å²) >= 11 is 0. The number of aliphatic hydroxyl groups is 1. The molecule has 0 saturated heterocycles. The SMILES string of the molecule is CC(=O)N1CCc2cc(S(C)(=O)=O)ccc2C1C(=O)Nc1ccc(-c2ccc(C(O)(C(F)(F)F)C(F)(F)F)cc2)cc1. The van der Waals surface area contributed by atoms with Crippen LogP contribution in [0.1, 0.15) is 29.7 Å². The number of rotatable bonds is 5. The van der Waals surface area contributed by atoms with Gasteiger partial charge in [-0.1, -0.05) is 42.5 Å². The van der Waals surface area contributed by atoms with Crippen molar-refractivity contribution in [2.45, 2.75) is 42.2 Å². The molecule has 7 nitrogen and oxygen atoms in total. The number of sulfone groups is 1. The fourth-order valence-electron chi connectivity index (χ4n) is 4.80. The number of alkyl halides is 6. The zero-order valence-electron chi connectivity index (χ0n) is 22.0. The van der Waals surface area contributed by atoms with E-state index in [9.17, 15) is 49.5 Å². The van der Waals surface area contributed by atoms with E-state index in [4.69, 9.17) is 0 Å². The van der Waals surface area contributed by atoms with Gasteiger partial charge in [-0.25, -0.2) is 8.42 Å². The van der Waals surface area contributed by atoms with E-state index >= 15 is 0 Å². The van der Waals surface area contributed by atoms with E-state index in [1.54, 1.807) is 0 Å². The Balaban J connectivity index is 1.57. The normalized spacial score (nSPS) is 16.1. The molecule has 1 heterocycles. The molecule has 0 aliphatic carbocycles. The summed E-state index contributed by atoms with van der Waals surface area (Å²) in [6.07, 6.45) is -10.6. The van der Waals surface area contributed by atoms with E-state index in [-0.39, 0.29) is 28.6 Å². The van der Waals surface area contributed by atoms with Gasteiger partial charge in [0.15, 0.2) is 9.84 Å². The summed E-state index contributed by atoms with van der Waals surface area (Å²) in [6.45, 7) is 1.49. The summed E-state index contributed by atoms with van der Waals surface area (Å²) < 4.78 is 103. The monoisotopic (exact) mass is 614 g/mol. The molecule has 2 amide bonds. The number of carbonyl (C=O) groups excluding carboxylic acids is 2. The second-order valence-corrected chi connectivity index (χ2v) is 11.9. The first kappa shape index (κ1) is 31.0. The van der Waals surface area contributed by atoms with Crippen molar-refractivity contribution in [2.24, 2.45) is 0 Å². The van der Waals surface area contributed by atoms with Crippen molar-refractivity contribution in [2.75, 3.05) is 18.1 Å². The molecule has 0 spiro atoms. The summed E-state index contributed by atoms with van der Waals surface area (Å²) in [5, 5.41) is 12.3. The van der Waals surface area contributed by atoms with Gasteiger partial charge in [-0.2, -0.15) is 26.3 Å². The molecule has 14 heteroatoms. The summed E-state index contributed by atoms with van der Waals surface area (Å²) in [6, 6.07) is 12.2. The first-order chi connectivity index (χ1) is 19.3. The molecule has 42 heavy (non-hydrogen) atoms. The highest BCUT2D eigenvalue weighted by atomic mass is 32.2. The van der Waals surface area contributed by atoms with Gasteiger partial charge in [0.1, 0.15) is 6.04 Å². The Morgan fingerprint density at radius 3 is 1.88 bits per heavy atom. The van der Waals surface area contributed by atoms with E-state index in [0.717, 1.165) is 18.4 Å². The van der Waals surface area contributed by atoms with E-state index < -0.39 is 45.3 Å². The molecule has 0 bridgehead atoms. The molecule has 3 aromatic rings. The van der Waals surface area contributed by atoms with Crippen LogP contribution in [0.4, 0.5) is 32.0 Å². The molecule has 0 saturated carbocycles. The Morgan fingerprint density at radius 1 is 0.881 bits per heavy atom. The van der Waals surface area contributed by atoms with Gasteiger partial charge < -0.3 is 15.3 Å². The van der Waals surface area contributed by atoms with Gasteiger partial charge in [-0.05, 0) is 52.9 Å². The maximum absolute atomic E-state index is 13.3. The molecule has 2 N–H and O–H groups in total. The van der Waals surface area contributed by atoms with Crippen molar-refractivity contribution in [1.82, 2.24) is 4.90 Å². The topological polar surface area (TPSA) is 104 Å². The maximum Gasteiger partial charge on any atom is 0.430 e. The Hall–Kier alpha value is -3.91. The van der Waals surface area contributed by atoms with Gasteiger partial charge in [-0.3, -0.25) is 9.59 Å². The number of benzene rings is 3. The molecule has 1 aliphatic heterocycles. The largest absolute Gasteiger partial charge is 0.430 e. The van der Waals surface area contributed by atoms with Gasteiger partial charge in [0.25, 0.3) is 11.5 Å². The van der Waals surface area contributed by atoms with Gasteiger partial charge in [0, 0.05) is 31.0 Å². The van der Waals surface area contributed by atoms with Crippen LogP contribution in [0.3, 0.4) is 0 Å². The smallest absolute Gasteiger partial charge is 0.369 e. The highest BCUT2D eigenvalue weighted by molar-refractivity contribution is 7.90. The molecular weight excluding hydrogens is 590 g/mol. The van der Waals surface area contributed by atoms with Crippen molar-refractivity contribution in [1.29, 1.82) is 0 Å². The van der Waals surface area contributed by atoms with Gasteiger partial charge >= 0.3 is 12.4 Å². The quantitative estimate of drug-likeness (QED) is 0.387. The summed E-state index contributed by atoms with van der Waals surface area (Å²) in [4.78, 5) is 27.1. The highest BCUT2D eigenvalue weighted by Crippen LogP contribution is 2.50. The van der Waals surface area contributed by atoms with E-state index in [2.05, 4.69) is 5.32 Å². The Kier molecular flexibility index (Phi) is 7.93. The van der Waals surface area contributed by atoms with Crippen molar-refractivity contribution >= 4 is 27.3 Å². The summed E-state index contributed by atoms with van der Waals surface area (Å²) in [5.74, 6) is -0.941. The molecule has 0 aromatic heterocycles. The van der Waals surface area contributed by atoms with Crippen LogP contribution in [0.15, 0.2) is 71.6 Å². The number of halogens is 6. The van der Waals surface area contributed by atoms with E-state index in [0.29, 0.717) is 35.2 Å². The molecule has 4 rings (SSSR count). The highest BCUT2D eigenvalue weighted by Gasteiger charge is 2.71. The third kappa shape index (κ3) is 5.73. The van der Waals surface area contributed by atoms with Crippen LogP contribution in [0.25, 0.3) is 11.1 Å². The summed E-state index contributed by atoms with van der Waals surface area (Å²) in [7, 11) is -3.50. The van der Waals surface area contributed by atoms with Crippen LogP contribution in [-0.4, -0.2) is 55.4 Å². The number of fused-ring (bicyclic) bond motifs is 1. The standard InChI is InChI=1S/C28H24F6N2O5S/c1-16(37)36-14-13-19-15-22(42(2,40)41)11-12-23(19)24(36)25(38)35-21-9-5-18(6-10-21)17-3-7-20(8-4-17)26(39,27(29,30)31)28(32,33)34/h3-12,15,24,39H,13-14H2,1-2H3,(H,35,38). The minimum atomic E-state index is -6.00. The second-order valence-electron chi connectivity index (χ2n) is 9.85. The molecule has 1 atom stereocenters. The lowest BCUT2D eigenvalue weighted by Gasteiger charge is -2.36. The number of nitrogens with zero attached hydrogens (tertiary/aromatic N) is 1. The maximum atomic E-state index is 13.3. The average Bonchev–Trinajstić information content (AvgIpc) is 2.90. The Labute approximate surface area is 236 Å². The molecule has 1 unspecified atom stereocenters. The Bertz CT molecular complexity index is 1600. The van der Waals surface area contributed by atoms with Crippen LogP contribution < -0.4 is 5.32 Å². The first-order valence-electron chi connectivity index (χ1n) is 12.3. The first-order valence-corrected chi connectivity index (χ1v) is 14.2. The van der Waals surface area contributed by atoms with E-state index in [1.165, 1.54) is 54.3 Å². The lowest BCUT2D eigenvalue weighted by Crippen LogP contribution is -2.53. The lowest BCUT2D eigenvalue weighted by atomic mass is 9.90.